The van der Waals surface area contributed by atoms with E-state index < -0.39 is 0 Å². The molecule has 90 valence electrons. The Morgan fingerprint density at radius 1 is 1.29 bits per heavy atom. The highest BCUT2D eigenvalue weighted by molar-refractivity contribution is 6.20. The minimum Gasteiger partial charge on any atom is -0.258 e. The fourth-order valence-corrected chi connectivity index (χ4v) is 2.57. The molecule has 4 heteroatoms. The van der Waals surface area contributed by atoms with Crippen molar-refractivity contribution in [3.63, 3.8) is 0 Å². The van der Waals surface area contributed by atoms with Crippen LogP contribution in [-0.2, 0) is 0 Å². The summed E-state index contributed by atoms with van der Waals surface area (Å²) in [7, 11) is 0. The fourth-order valence-electron chi connectivity index (χ4n) is 2.27. The van der Waals surface area contributed by atoms with Gasteiger partial charge in [0, 0.05) is 18.0 Å². The normalized spacial score (nSPS) is 16.1. The molecule has 0 N–H and O–H groups in total. The van der Waals surface area contributed by atoms with Gasteiger partial charge in [0.1, 0.15) is 0 Å². The number of nitrogens with zero attached hydrogens (tertiary/aromatic N) is 1. The van der Waals surface area contributed by atoms with Crippen LogP contribution in [0.1, 0.15) is 31.2 Å². The van der Waals surface area contributed by atoms with Crippen LogP contribution in [0.2, 0.25) is 0 Å². The standard InChI is InChI=1S/C13H14ClNO2/c14-9-11-4-1-2-7-13(11)10-5-3-6-12(8-10)15(16)17/h3,5-6,8H,1-2,4,7,9H2. The lowest BCUT2D eigenvalue weighted by Crippen LogP contribution is -2.01. The van der Waals surface area contributed by atoms with Gasteiger partial charge in [0.25, 0.3) is 5.69 Å². The van der Waals surface area contributed by atoms with E-state index in [1.165, 1.54) is 23.6 Å². The summed E-state index contributed by atoms with van der Waals surface area (Å²) in [6.07, 6.45) is 4.30. The number of hydrogen-bond acceptors (Lipinski definition) is 2. The number of halogens is 1. The fraction of sp³-hybridized carbons (Fsp3) is 0.385. The predicted molar refractivity (Wildman–Crippen MR) is 69.2 cm³/mol. The highest BCUT2D eigenvalue weighted by Gasteiger charge is 2.15. The van der Waals surface area contributed by atoms with Crippen LogP contribution in [0.5, 0.6) is 0 Å². The summed E-state index contributed by atoms with van der Waals surface area (Å²) in [4.78, 5) is 10.4. The van der Waals surface area contributed by atoms with E-state index in [2.05, 4.69) is 0 Å². The average Bonchev–Trinajstić information content (AvgIpc) is 2.39. The molecule has 0 fully saturated rings. The van der Waals surface area contributed by atoms with Crippen LogP contribution in [0, 0.1) is 10.1 Å². The maximum atomic E-state index is 10.8. The molecule has 0 spiro atoms. The van der Waals surface area contributed by atoms with Gasteiger partial charge in [-0.25, -0.2) is 0 Å². The van der Waals surface area contributed by atoms with Crippen LogP contribution in [0.3, 0.4) is 0 Å². The number of non-ortho nitro benzene ring substituents is 1. The highest BCUT2D eigenvalue weighted by atomic mass is 35.5. The third-order valence-electron chi connectivity index (χ3n) is 3.15. The quantitative estimate of drug-likeness (QED) is 0.460. The van der Waals surface area contributed by atoms with E-state index in [1.54, 1.807) is 12.1 Å². The Morgan fingerprint density at radius 2 is 2.06 bits per heavy atom. The molecule has 0 amide bonds. The first kappa shape index (κ1) is 12.1. The number of benzene rings is 1. The lowest BCUT2D eigenvalue weighted by Gasteiger charge is -2.19. The van der Waals surface area contributed by atoms with Gasteiger partial charge in [-0.05, 0) is 36.8 Å². The van der Waals surface area contributed by atoms with Gasteiger partial charge in [-0.1, -0.05) is 17.7 Å². The average molecular weight is 252 g/mol. The zero-order valence-corrected chi connectivity index (χ0v) is 10.2. The molecule has 3 nitrogen and oxygen atoms in total. The van der Waals surface area contributed by atoms with Gasteiger partial charge >= 0.3 is 0 Å². The molecule has 0 unspecified atom stereocenters. The van der Waals surface area contributed by atoms with Crippen molar-refractivity contribution in [3.8, 4) is 0 Å². The number of hydrogen-bond donors (Lipinski definition) is 0. The summed E-state index contributed by atoms with van der Waals surface area (Å²) in [5, 5.41) is 10.8. The van der Waals surface area contributed by atoms with Gasteiger partial charge in [0.2, 0.25) is 0 Å². The first-order valence-corrected chi connectivity index (χ1v) is 6.27. The van der Waals surface area contributed by atoms with Gasteiger partial charge in [-0.3, -0.25) is 10.1 Å². The van der Waals surface area contributed by atoms with Crippen LogP contribution in [0.25, 0.3) is 5.57 Å². The van der Waals surface area contributed by atoms with Crippen molar-refractivity contribution >= 4 is 22.9 Å². The molecular formula is C13H14ClNO2. The number of nitro benzene ring substituents is 1. The summed E-state index contributed by atoms with van der Waals surface area (Å²) in [5.74, 6) is 0.526. The number of alkyl halides is 1. The summed E-state index contributed by atoms with van der Waals surface area (Å²) < 4.78 is 0. The largest absolute Gasteiger partial charge is 0.270 e. The smallest absolute Gasteiger partial charge is 0.258 e. The van der Waals surface area contributed by atoms with Gasteiger partial charge in [-0.2, -0.15) is 0 Å². The van der Waals surface area contributed by atoms with Crippen LogP contribution in [0.4, 0.5) is 5.69 Å². The summed E-state index contributed by atoms with van der Waals surface area (Å²) in [6, 6.07) is 6.83. The molecule has 0 atom stereocenters. The molecule has 0 saturated carbocycles. The Labute approximate surface area is 105 Å². The molecule has 0 saturated heterocycles. The molecule has 0 aliphatic heterocycles. The van der Waals surface area contributed by atoms with Gasteiger partial charge < -0.3 is 0 Å². The molecule has 0 aromatic heterocycles. The molecule has 17 heavy (non-hydrogen) atoms. The molecule has 0 radical (unpaired) electrons. The zero-order valence-electron chi connectivity index (χ0n) is 9.49. The van der Waals surface area contributed by atoms with Gasteiger partial charge in [0.05, 0.1) is 4.92 Å². The number of rotatable bonds is 3. The third-order valence-corrected chi connectivity index (χ3v) is 3.47. The summed E-state index contributed by atoms with van der Waals surface area (Å²) in [6.45, 7) is 0. The van der Waals surface area contributed by atoms with Crippen LogP contribution in [0.15, 0.2) is 29.8 Å². The van der Waals surface area contributed by atoms with E-state index in [4.69, 9.17) is 11.6 Å². The van der Waals surface area contributed by atoms with Crippen molar-refractivity contribution in [1.29, 1.82) is 0 Å². The Kier molecular flexibility index (Phi) is 3.79. The van der Waals surface area contributed by atoms with Crippen molar-refractivity contribution in [3.05, 3.63) is 45.5 Å². The van der Waals surface area contributed by atoms with Crippen molar-refractivity contribution in [2.24, 2.45) is 0 Å². The lowest BCUT2D eigenvalue weighted by molar-refractivity contribution is -0.384. The second-order valence-corrected chi connectivity index (χ2v) is 4.50. The minimum absolute atomic E-state index is 0.148. The zero-order chi connectivity index (χ0) is 12.3. The summed E-state index contributed by atoms with van der Waals surface area (Å²) >= 11 is 5.94. The number of nitro groups is 1. The first-order valence-electron chi connectivity index (χ1n) is 5.74. The molecule has 1 aromatic carbocycles. The summed E-state index contributed by atoms with van der Waals surface area (Å²) in [5.41, 5.74) is 3.54. The Hall–Kier alpha value is -1.35. The molecule has 1 aromatic rings. The topological polar surface area (TPSA) is 43.1 Å². The molecular weight excluding hydrogens is 238 g/mol. The second-order valence-electron chi connectivity index (χ2n) is 4.23. The van der Waals surface area contributed by atoms with Crippen molar-refractivity contribution in [1.82, 2.24) is 0 Å². The van der Waals surface area contributed by atoms with E-state index in [0.29, 0.717) is 5.88 Å². The predicted octanol–water partition coefficient (Wildman–Crippen LogP) is 4.16. The Morgan fingerprint density at radius 3 is 2.76 bits per heavy atom. The monoisotopic (exact) mass is 251 g/mol. The van der Waals surface area contributed by atoms with Crippen molar-refractivity contribution < 1.29 is 4.92 Å². The van der Waals surface area contributed by atoms with E-state index in [1.807, 2.05) is 6.07 Å². The van der Waals surface area contributed by atoms with Gasteiger partial charge in [-0.15, -0.1) is 11.6 Å². The Balaban J connectivity index is 2.41. The third kappa shape index (κ3) is 2.67. The van der Waals surface area contributed by atoms with E-state index >= 15 is 0 Å². The van der Waals surface area contributed by atoms with Gasteiger partial charge in [0.15, 0.2) is 0 Å². The maximum Gasteiger partial charge on any atom is 0.270 e. The molecule has 2 rings (SSSR count). The second kappa shape index (κ2) is 5.32. The SMILES string of the molecule is O=[N+]([O-])c1cccc(C2=C(CCl)CCCC2)c1. The van der Waals surface area contributed by atoms with E-state index in [0.717, 1.165) is 24.8 Å². The lowest BCUT2D eigenvalue weighted by atomic mass is 9.88. The molecule has 1 aliphatic carbocycles. The van der Waals surface area contributed by atoms with Crippen LogP contribution < -0.4 is 0 Å². The van der Waals surface area contributed by atoms with Crippen molar-refractivity contribution in [2.45, 2.75) is 25.7 Å². The first-order chi connectivity index (χ1) is 8.22. The minimum atomic E-state index is -0.354. The number of allylic oxidation sites excluding steroid dienone is 2. The Bertz CT molecular complexity index is 468. The molecule has 0 bridgehead atoms. The van der Waals surface area contributed by atoms with Crippen LogP contribution in [-0.4, -0.2) is 10.8 Å². The van der Waals surface area contributed by atoms with Crippen LogP contribution >= 0.6 is 11.6 Å². The van der Waals surface area contributed by atoms with E-state index in [-0.39, 0.29) is 10.6 Å². The highest BCUT2D eigenvalue weighted by Crippen LogP contribution is 2.33. The molecule has 1 aliphatic rings. The maximum absolute atomic E-state index is 10.8. The molecule has 0 heterocycles. The van der Waals surface area contributed by atoms with Crippen molar-refractivity contribution in [2.75, 3.05) is 5.88 Å². The van der Waals surface area contributed by atoms with E-state index in [9.17, 15) is 10.1 Å².